The van der Waals surface area contributed by atoms with Crippen LogP contribution in [0.1, 0.15) is 395 Å². The van der Waals surface area contributed by atoms with Crippen LogP contribution < -0.4 is 0 Å². The zero-order chi connectivity index (χ0) is 70.9. The van der Waals surface area contributed by atoms with E-state index in [4.69, 9.17) is 37.0 Å². The number of rotatable bonds is 75. The summed E-state index contributed by atoms with van der Waals surface area (Å²) in [7, 11) is -9.90. The van der Waals surface area contributed by atoms with Gasteiger partial charge in [-0.3, -0.25) is 37.3 Å². The monoisotopic (exact) mass is 1410 g/mol. The van der Waals surface area contributed by atoms with E-state index in [9.17, 15) is 43.2 Å². The first-order valence-corrected chi connectivity index (χ1v) is 42.8. The maximum Gasteiger partial charge on any atom is 0.472 e. The lowest BCUT2D eigenvalue weighted by Gasteiger charge is -2.21. The molecule has 19 heteroatoms. The molecule has 0 aliphatic rings. The summed E-state index contributed by atoms with van der Waals surface area (Å²) in [4.78, 5) is 72.5. The van der Waals surface area contributed by atoms with Gasteiger partial charge >= 0.3 is 39.5 Å². The topological polar surface area (TPSA) is 237 Å². The molecule has 0 aromatic carbocycles. The standard InChI is InChI=1S/C77H150O17P2/c1-8-9-10-41-51-58-74(79)87-64-72(93-76(81)61-54-47-40-34-28-27-31-37-44-50-57-70(6)7)66-91-95(83,84)89-62-71(78)63-90-96(85,86)92-67-73(65-88-75(80)59-52-45-38-32-25-21-18-17-20-24-30-36-43-49-56-69(4)5)94-77(82)60-53-46-39-33-26-22-16-14-12-11-13-15-19-23-29-35-42-48-55-68(2)3/h68-73,78H,8-67H2,1-7H3,(H,83,84)(H,85,86)/t71-,72+,73+/m0/s1. The lowest BCUT2D eigenvalue weighted by molar-refractivity contribution is -0.161. The Morgan fingerprint density at radius 2 is 0.479 bits per heavy atom. The molecule has 0 aromatic heterocycles. The Hall–Kier alpha value is -1.94. The van der Waals surface area contributed by atoms with E-state index in [-0.39, 0.29) is 25.7 Å². The first kappa shape index (κ1) is 94.1. The van der Waals surface area contributed by atoms with Crippen molar-refractivity contribution in [2.24, 2.45) is 17.8 Å². The molecule has 3 N–H and O–H groups in total. The molecular weight excluding hydrogens is 1260 g/mol. The summed E-state index contributed by atoms with van der Waals surface area (Å²) in [6.45, 7) is 11.9. The highest BCUT2D eigenvalue weighted by molar-refractivity contribution is 7.47. The molecule has 5 atom stereocenters. The number of hydrogen-bond acceptors (Lipinski definition) is 15. The average Bonchev–Trinajstić information content (AvgIpc) is 3.24. The molecule has 0 fully saturated rings. The summed E-state index contributed by atoms with van der Waals surface area (Å²) < 4.78 is 68.3. The van der Waals surface area contributed by atoms with Crippen LogP contribution in [0, 0.1) is 17.8 Å². The van der Waals surface area contributed by atoms with E-state index >= 15 is 0 Å². The number of aliphatic hydroxyl groups excluding tert-OH is 1. The number of phosphoric acid groups is 2. The zero-order valence-electron chi connectivity index (χ0n) is 62.8. The predicted molar refractivity (Wildman–Crippen MR) is 391 cm³/mol. The maximum absolute atomic E-state index is 13.1. The third-order valence-corrected chi connectivity index (χ3v) is 19.8. The lowest BCUT2D eigenvalue weighted by Crippen LogP contribution is -2.30. The van der Waals surface area contributed by atoms with Crippen molar-refractivity contribution in [3.63, 3.8) is 0 Å². The van der Waals surface area contributed by atoms with Gasteiger partial charge in [0.1, 0.15) is 19.3 Å². The fraction of sp³-hybridized carbons (Fsp3) is 0.948. The van der Waals surface area contributed by atoms with Crippen LogP contribution in [0.15, 0.2) is 0 Å². The molecule has 2 unspecified atom stereocenters. The van der Waals surface area contributed by atoms with Crippen molar-refractivity contribution in [3.8, 4) is 0 Å². The summed E-state index contributed by atoms with van der Waals surface area (Å²) in [6, 6.07) is 0. The molecule has 0 aliphatic heterocycles. The van der Waals surface area contributed by atoms with Gasteiger partial charge in [0.25, 0.3) is 0 Å². The second-order valence-electron chi connectivity index (χ2n) is 29.2. The Balaban J connectivity index is 5.13. The van der Waals surface area contributed by atoms with Crippen LogP contribution in [0.2, 0.25) is 0 Å². The van der Waals surface area contributed by atoms with E-state index in [1.165, 1.54) is 199 Å². The van der Waals surface area contributed by atoms with Gasteiger partial charge in [-0.2, -0.15) is 0 Å². The second-order valence-corrected chi connectivity index (χ2v) is 32.1. The van der Waals surface area contributed by atoms with Gasteiger partial charge in [0.2, 0.25) is 0 Å². The highest BCUT2D eigenvalue weighted by Crippen LogP contribution is 2.45. The van der Waals surface area contributed by atoms with E-state index in [0.717, 1.165) is 114 Å². The van der Waals surface area contributed by atoms with Gasteiger partial charge in [-0.05, 0) is 43.4 Å². The van der Waals surface area contributed by atoms with Crippen molar-refractivity contribution in [2.45, 2.75) is 414 Å². The highest BCUT2D eigenvalue weighted by atomic mass is 31.2. The Labute approximate surface area is 588 Å². The van der Waals surface area contributed by atoms with Gasteiger partial charge in [0.15, 0.2) is 12.2 Å². The molecule has 0 heterocycles. The van der Waals surface area contributed by atoms with Crippen molar-refractivity contribution in [1.29, 1.82) is 0 Å². The van der Waals surface area contributed by atoms with Gasteiger partial charge in [-0.25, -0.2) is 9.13 Å². The first-order chi connectivity index (χ1) is 46.2. The van der Waals surface area contributed by atoms with Crippen LogP contribution in [0.5, 0.6) is 0 Å². The summed E-state index contributed by atoms with van der Waals surface area (Å²) in [5.74, 6) is 0.244. The van der Waals surface area contributed by atoms with Crippen molar-refractivity contribution in [2.75, 3.05) is 39.6 Å². The molecule has 17 nitrogen and oxygen atoms in total. The normalized spacial score (nSPS) is 14.1. The van der Waals surface area contributed by atoms with Crippen LogP contribution in [-0.2, 0) is 65.4 Å². The highest BCUT2D eigenvalue weighted by Gasteiger charge is 2.30. The maximum atomic E-state index is 13.1. The Kier molecular flexibility index (Phi) is 66.2. The third kappa shape index (κ3) is 70.5. The zero-order valence-corrected chi connectivity index (χ0v) is 64.6. The quantitative estimate of drug-likeness (QED) is 0.0222. The number of aliphatic hydroxyl groups is 1. The van der Waals surface area contributed by atoms with Crippen molar-refractivity contribution < 1.29 is 80.2 Å². The minimum Gasteiger partial charge on any atom is -0.462 e. The molecule has 0 saturated heterocycles. The minimum absolute atomic E-state index is 0.105. The summed E-state index contributed by atoms with van der Waals surface area (Å²) in [5.41, 5.74) is 0. The molecule has 0 bridgehead atoms. The van der Waals surface area contributed by atoms with Crippen molar-refractivity contribution in [1.82, 2.24) is 0 Å². The van der Waals surface area contributed by atoms with Gasteiger partial charge in [-0.1, -0.05) is 344 Å². The van der Waals surface area contributed by atoms with Crippen molar-refractivity contribution in [3.05, 3.63) is 0 Å². The number of ether oxygens (including phenoxy) is 4. The molecule has 570 valence electrons. The van der Waals surface area contributed by atoms with Crippen LogP contribution in [0.4, 0.5) is 0 Å². The van der Waals surface area contributed by atoms with E-state index in [2.05, 4.69) is 48.5 Å². The van der Waals surface area contributed by atoms with Gasteiger partial charge in [0, 0.05) is 25.7 Å². The smallest absolute Gasteiger partial charge is 0.462 e. The number of esters is 4. The Morgan fingerprint density at radius 1 is 0.281 bits per heavy atom. The van der Waals surface area contributed by atoms with Gasteiger partial charge < -0.3 is 33.8 Å². The first-order valence-electron chi connectivity index (χ1n) is 39.8. The molecule has 0 radical (unpaired) electrons. The number of carbonyl (C=O) groups excluding carboxylic acids is 4. The number of phosphoric ester groups is 2. The Bertz CT molecular complexity index is 1870. The van der Waals surface area contributed by atoms with Crippen molar-refractivity contribution >= 4 is 39.5 Å². The summed E-state index contributed by atoms with van der Waals surface area (Å²) in [5, 5.41) is 10.6. The molecule has 0 spiro atoms. The molecular formula is C77H150O17P2. The lowest BCUT2D eigenvalue weighted by atomic mass is 10.0. The molecule has 0 amide bonds. The number of carbonyl (C=O) groups is 4. The Morgan fingerprint density at radius 3 is 0.708 bits per heavy atom. The average molecular weight is 1410 g/mol. The van der Waals surface area contributed by atoms with E-state index < -0.39 is 97.5 Å². The third-order valence-electron chi connectivity index (χ3n) is 17.9. The number of unbranched alkanes of at least 4 members (excludes halogenated alkanes) is 43. The van der Waals surface area contributed by atoms with Crippen LogP contribution in [-0.4, -0.2) is 96.7 Å². The van der Waals surface area contributed by atoms with Gasteiger partial charge in [0.05, 0.1) is 26.4 Å². The van der Waals surface area contributed by atoms with Crippen LogP contribution in [0.3, 0.4) is 0 Å². The predicted octanol–water partition coefficient (Wildman–Crippen LogP) is 22.6. The minimum atomic E-state index is -4.96. The van der Waals surface area contributed by atoms with E-state index in [1.807, 2.05) is 0 Å². The second kappa shape index (κ2) is 67.5. The van der Waals surface area contributed by atoms with Crippen LogP contribution >= 0.6 is 15.6 Å². The molecule has 0 aliphatic carbocycles. The van der Waals surface area contributed by atoms with Crippen LogP contribution in [0.25, 0.3) is 0 Å². The van der Waals surface area contributed by atoms with Gasteiger partial charge in [-0.15, -0.1) is 0 Å². The fourth-order valence-electron chi connectivity index (χ4n) is 11.8. The summed E-state index contributed by atoms with van der Waals surface area (Å²) in [6.07, 6.45) is 54.6. The molecule has 0 rings (SSSR count). The fourth-order valence-corrected chi connectivity index (χ4v) is 13.4. The molecule has 0 saturated carbocycles. The SMILES string of the molecule is CCCCCCCC(=O)OC[C@H](COP(=O)(O)OC[C@H](O)COP(=O)(O)OC[C@@H](COC(=O)CCCCCCCCCCCCCCCCC(C)C)OC(=O)CCCCCCCCCCCCCCCCCCCCC(C)C)OC(=O)CCCCCCCCCCCCC(C)C. The molecule has 96 heavy (non-hydrogen) atoms. The number of hydrogen-bond donors (Lipinski definition) is 3. The molecule has 0 aromatic rings. The summed E-state index contributed by atoms with van der Waals surface area (Å²) >= 11 is 0. The van der Waals surface area contributed by atoms with E-state index in [0.29, 0.717) is 25.7 Å². The largest absolute Gasteiger partial charge is 0.472 e. The van der Waals surface area contributed by atoms with E-state index in [1.54, 1.807) is 0 Å².